The van der Waals surface area contributed by atoms with Crippen molar-refractivity contribution in [1.29, 1.82) is 0 Å². The van der Waals surface area contributed by atoms with Gasteiger partial charge in [0.05, 0.1) is 5.41 Å². The molecule has 2 aliphatic rings. The third kappa shape index (κ3) is 3.37. The number of carboxylic acids is 1. The van der Waals surface area contributed by atoms with Crippen LogP contribution in [0.3, 0.4) is 0 Å². The lowest BCUT2D eigenvalue weighted by Crippen LogP contribution is -2.50. The van der Waals surface area contributed by atoms with Crippen molar-refractivity contribution in [3.05, 3.63) is 0 Å². The van der Waals surface area contributed by atoms with Crippen LogP contribution in [0.2, 0.25) is 0 Å². The predicted molar refractivity (Wildman–Crippen MR) is 68.9 cm³/mol. The first-order valence-corrected chi connectivity index (χ1v) is 6.98. The summed E-state index contributed by atoms with van der Waals surface area (Å²) in [5.41, 5.74) is -0.857. The first-order chi connectivity index (χ1) is 9.14. The number of carbonyl (C=O) groups excluding carboxylic acids is 1. The molecule has 2 aliphatic heterocycles. The Morgan fingerprint density at radius 1 is 1.16 bits per heavy atom. The van der Waals surface area contributed by atoms with E-state index in [4.69, 9.17) is 4.74 Å². The van der Waals surface area contributed by atoms with Gasteiger partial charge in [0.15, 0.2) is 0 Å². The van der Waals surface area contributed by atoms with Crippen molar-refractivity contribution in [1.82, 2.24) is 10.2 Å². The molecule has 19 heavy (non-hydrogen) atoms. The molecule has 2 fully saturated rings. The Morgan fingerprint density at radius 3 is 2.37 bits per heavy atom. The van der Waals surface area contributed by atoms with E-state index in [-0.39, 0.29) is 12.6 Å². The summed E-state index contributed by atoms with van der Waals surface area (Å²) in [6.07, 6.45) is 4.15. The van der Waals surface area contributed by atoms with Crippen LogP contribution in [0.1, 0.15) is 32.1 Å². The van der Waals surface area contributed by atoms with Gasteiger partial charge in [-0.25, -0.2) is 4.79 Å². The molecule has 2 amide bonds. The van der Waals surface area contributed by atoms with E-state index in [0.29, 0.717) is 26.1 Å². The van der Waals surface area contributed by atoms with E-state index >= 15 is 0 Å². The Kier molecular flexibility index (Phi) is 4.63. The van der Waals surface area contributed by atoms with Crippen LogP contribution in [0.5, 0.6) is 0 Å². The SMILES string of the molecule is O=C(NCC1(C(=O)O)CCOCC1)N1CCCCC1. The molecular weight excluding hydrogens is 248 g/mol. The second-order valence-electron chi connectivity index (χ2n) is 5.40. The van der Waals surface area contributed by atoms with Gasteiger partial charge in [0.25, 0.3) is 0 Å². The molecule has 0 atom stereocenters. The Hall–Kier alpha value is -1.30. The fraction of sp³-hybridized carbons (Fsp3) is 0.846. The van der Waals surface area contributed by atoms with Gasteiger partial charge in [0.2, 0.25) is 0 Å². The number of ether oxygens (including phenoxy) is 1. The standard InChI is InChI=1S/C13H22N2O4/c16-11(17)13(4-8-19-9-5-13)10-14-12(18)15-6-2-1-3-7-15/h1-10H2,(H,14,18)(H,16,17). The monoisotopic (exact) mass is 270 g/mol. The molecule has 2 N–H and O–H groups in total. The first-order valence-electron chi connectivity index (χ1n) is 6.98. The van der Waals surface area contributed by atoms with Crippen molar-refractivity contribution in [2.45, 2.75) is 32.1 Å². The second-order valence-corrected chi connectivity index (χ2v) is 5.40. The zero-order valence-electron chi connectivity index (χ0n) is 11.2. The topological polar surface area (TPSA) is 78.9 Å². The fourth-order valence-corrected chi connectivity index (χ4v) is 2.68. The summed E-state index contributed by atoms with van der Waals surface area (Å²) in [7, 11) is 0. The van der Waals surface area contributed by atoms with Crippen molar-refractivity contribution in [3.8, 4) is 0 Å². The maximum atomic E-state index is 12.0. The first kappa shape index (κ1) is 14.1. The minimum absolute atomic E-state index is 0.133. The molecule has 0 bridgehead atoms. The maximum Gasteiger partial charge on any atom is 0.317 e. The molecule has 0 radical (unpaired) electrons. The molecule has 108 valence electrons. The normalized spacial score (nSPS) is 22.8. The maximum absolute atomic E-state index is 12.0. The lowest BCUT2D eigenvalue weighted by atomic mass is 9.80. The summed E-state index contributed by atoms with van der Waals surface area (Å²) in [6, 6.07) is -0.133. The zero-order valence-corrected chi connectivity index (χ0v) is 11.2. The minimum atomic E-state index is -0.857. The van der Waals surface area contributed by atoms with Crippen molar-refractivity contribution in [2.24, 2.45) is 5.41 Å². The number of carbonyl (C=O) groups is 2. The Morgan fingerprint density at radius 2 is 1.79 bits per heavy atom. The number of hydrogen-bond donors (Lipinski definition) is 2. The van der Waals surface area contributed by atoms with Gasteiger partial charge in [-0.1, -0.05) is 0 Å². The molecule has 6 heteroatoms. The number of nitrogens with one attached hydrogen (secondary N) is 1. The predicted octanol–water partition coefficient (Wildman–Crippen LogP) is 1.06. The summed E-state index contributed by atoms with van der Waals surface area (Å²) in [6.45, 7) is 2.64. The highest BCUT2D eigenvalue weighted by atomic mass is 16.5. The highest BCUT2D eigenvalue weighted by Gasteiger charge is 2.40. The molecule has 0 unspecified atom stereocenters. The zero-order chi connectivity index (χ0) is 13.7. The van der Waals surface area contributed by atoms with Crippen LogP contribution in [0.25, 0.3) is 0 Å². The summed E-state index contributed by atoms with van der Waals surface area (Å²) in [5, 5.41) is 12.2. The van der Waals surface area contributed by atoms with Crippen molar-refractivity contribution >= 4 is 12.0 Å². The second kappa shape index (κ2) is 6.23. The van der Waals surface area contributed by atoms with E-state index in [0.717, 1.165) is 25.9 Å². The molecule has 0 saturated carbocycles. The van der Waals surface area contributed by atoms with E-state index in [1.807, 2.05) is 0 Å². The average molecular weight is 270 g/mol. The van der Waals surface area contributed by atoms with Crippen LogP contribution >= 0.6 is 0 Å². The van der Waals surface area contributed by atoms with Gasteiger partial charge < -0.3 is 20.1 Å². The van der Waals surface area contributed by atoms with Gasteiger partial charge >= 0.3 is 12.0 Å². The number of aliphatic carboxylic acids is 1. The van der Waals surface area contributed by atoms with E-state index in [1.54, 1.807) is 4.90 Å². The number of amides is 2. The molecule has 0 aromatic rings. The van der Waals surface area contributed by atoms with Crippen molar-refractivity contribution in [2.75, 3.05) is 32.8 Å². The van der Waals surface area contributed by atoms with Crippen molar-refractivity contribution < 1.29 is 19.4 Å². The Balaban J connectivity index is 1.87. The number of likely N-dealkylation sites (tertiary alicyclic amines) is 1. The van der Waals surface area contributed by atoms with Crippen LogP contribution in [0.15, 0.2) is 0 Å². The number of piperidine rings is 1. The lowest BCUT2D eigenvalue weighted by molar-refractivity contribution is -0.154. The smallest absolute Gasteiger partial charge is 0.317 e. The van der Waals surface area contributed by atoms with E-state index in [9.17, 15) is 14.7 Å². The van der Waals surface area contributed by atoms with Gasteiger partial charge in [0.1, 0.15) is 0 Å². The third-order valence-electron chi connectivity index (χ3n) is 4.12. The highest BCUT2D eigenvalue weighted by molar-refractivity contribution is 5.78. The van der Waals surface area contributed by atoms with Gasteiger partial charge in [-0.05, 0) is 32.1 Å². The summed E-state index contributed by atoms with van der Waals surface area (Å²) in [5.74, 6) is -0.838. The Bertz CT molecular complexity index is 334. The molecule has 2 rings (SSSR count). The largest absolute Gasteiger partial charge is 0.481 e. The minimum Gasteiger partial charge on any atom is -0.481 e. The molecule has 0 aromatic carbocycles. The number of hydrogen-bond acceptors (Lipinski definition) is 3. The van der Waals surface area contributed by atoms with Crippen LogP contribution in [0.4, 0.5) is 4.79 Å². The number of nitrogens with zero attached hydrogens (tertiary/aromatic N) is 1. The van der Waals surface area contributed by atoms with Gasteiger partial charge in [0, 0.05) is 32.8 Å². The average Bonchev–Trinajstić information content (AvgIpc) is 2.46. The van der Waals surface area contributed by atoms with Crippen molar-refractivity contribution in [3.63, 3.8) is 0 Å². The quantitative estimate of drug-likeness (QED) is 0.804. The van der Waals surface area contributed by atoms with Crippen LogP contribution in [-0.2, 0) is 9.53 Å². The fourth-order valence-electron chi connectivity index (χ4n) is 2.68. The van der Waals surface area contributed by atoms with Gasteiger partial charge in [-0.2, -0.15) is 0 Å². The summed E-state index contributed by atoms with van der Waals surface area (Å²) in [4.78, 5) is 25.2. The van der Waals surface area contributed by atoms with Gasteiger partial charge in [-0.3, -0.25) is 4.79 Å². The van der Waals surface area contributed by atoms with E-state index in [1.165, 1.54) is 6.42 Å². The van der Waals surface area contributed by atoms with Crippen LogP contribution in [0, 0.1) is 5.41 Å². The number of carboxylic acid groups (broad SMARTS) is 1. The van der Waals surface area contributed by atoms with E-state index < -0.39 is 11.4 Å². The highest BCUT2D eigenvalue weighted by Crippen LogP contribution is 2.30. The molecule has 2 saturated heterocycles. The lowest BCUT2D eigenvalue weighted by Gasteiger charge is -2.34. The molecule has 0 spiro atoms. The molecule has 2 heterocycles. The number of urea groups is 1. The number of rotatable bonds is 3. The third-order valence-corrected chi connectivity index (χ3v) is 4.12. The summed E-state index contributed by atoms with van der Waals surface area (Å²) >= 11 is 0. The van der Waals surface area contributed by atoms with E-state index in [2.05, 4.69) is 5.32 Å². The summed E-state index contributed by atoms with van der Waals surface area (Å²) < 4.78 is 5.21. The van der Waals surface area contributed by atoms with Gasteiger partial charge in [-0.15, -0.1) is 0 Å². The molecule has 0 aromatic heterocycles. The van der Waals surface area contributed by atoms with Crippen LogP contribution < -0.4 is 5.32 Å². The molecule has 6 nitrogen and oxygen atoms in total. The Labute approximate surface area is 113 Å². The van der Waals surface area contributed by atoms with Crippen LogP contribution in [-0.4, -0.2) is 54.9 Å². The molecular formula is C13H22N2O4. The molecule has 0 aliphatic carbocycles.